The zero-order valence-electron chi connectivity index (χ0n) is 7.40. The second kappa shape index (κ2) is 2.61. The summed E-state index contributed by atoms with van der Waals surface area (Å²) in [6.07, 6.45) is 3.69. The average Bonchev–Trinajstić information content (AvgIpc) is 2.73. The van der Waals surface area contributed by atoms with Crippen molar-refractivity contribution in [2.45, 2.75) is 24.7 Å². The minimum atomic E-state index is 0.335. The summed E-state index contributed by atoms with van der Waals surface area (Å²) in [6, 6.07) is 2.13. The van der Waals surface area contributed by atoms with Gasteiger partial charge in [-0.2, -0.15) is 0 Å². The average molecular weight is 242 g/mol. The van der Waals surface area contributed by atoms with Crippen LogP contribution in [0, 0.1) is 0 Å². The van der Waals surface area contributed by atoms with E-state index in [4.69, 9.17) is 4.42 Å². The molecule has 1 aromatic heterocycles. The van der Waals surface area contributed by atoms with E-state index in [0.717, 1.165) is 17.8 Å². The molecule has 70 valence electrons. The lowest BCUT2D eigenvalue weighted by atomic mass is 9.85. The van der Waals surface area contributed by atoms with Crippen molar-refractivity contribution in [3.63, 3.8) is 0 Å². The standard InChI is InChI=1S/C10H12BrNO/c11-8-5-7-1-2-10(9(7)13-8)3-4-12-6-10/h5,12H,1-4,6H2. The van der Waals surface area contributed by atoms with Crippen molar-refractivity contribution < 1.29 is 4.42 Å². The van der Waals surface area contributed by atoms with Crippen molar-refractivity contribution in [2.75, 3.05) is 13.1 Å². The van der Waals surface area contributed by atoms with Crippen LogP contribution in [0.5, 0.6) is 0 Å². The van der Waals surface area contributed by atoms with Gasteiger partial charge in [0.15, 0.2) is 4.67 Å². The Morgan fingerprint density at radius 2 is 2.38 bits per heavy atom. The highest BCUT2D eigenvalue weighted by molar-refractivity contribution is 9.10. The Morgan fingerprint density at radius 3 is 3.15 bits per heavy atom. The molecule has 1 aliphatic heterocycles. The molecule has 3 heteroatoms. The first-order valence-corrected chi connectivity index (χ1v) is 5.59. The molecule has 0 radical (unpaired) electrons. The van der Waals surface area contributed by atoms with Gasteiger partial charge in [0.05, 0.1) is 0 Å². The zero-order valence-corrected chi connectivity index (χ0v) is 8.99. The van der Waals surface area contributed by atoms with E-state index in [-0.39, 0.29) is 0 Å². The number of fused-ring (bicyclic) bond motifs is 2. The van der Waals surface area contributed by atoms with E-state index in [1.807, 2.05) is 0 Å². The van der Waals surface area contributed by atoms with Gasteiger partial charge in [0.1, 0.15) is 5.76 Å². The number of halogens is 1. The maximum Gasteiger partial charge on any atom is 0.169 e. The number of hydrogen-bond acceptors (Lipinski definition) is 2. The number of nitrogens with one attached hydrogen (secondary N) is 1. The first kappa shape index (κ1) is 8.06. The summed E-state index contributed by atoms with van der Waals surface area (Å²) < 4.78 is 6.63. The molecule has 3 rings (SSSR count). The monoisotopic (exact) mass is 241 g/mol. The lowest BCUT2D eigenvalue weighted by Crippen LogP contribution is -2.25. The molecule has 1 N–H and O–H groups in total. The van der Waals surface area contributed by atoms with Crippen LogP contribution < -0.4 is 5.32 Å². The Balaban J connectivity index is 2.09. The second-order valence-electron chi connectivity index (χ2n) is 4.11. The van der Waals surface area contributed by atoms with Gasteiger partial charge in [0.2, 0.25) is 0 Å². The van der Waals surface area contributed by atoms with E-state index in [0.29, 0.717) is 5.41 Å². The molecule has 2 heterocycles. The molecule has 1 saturated heterocycles. The molecule has 1 atom stereocenters. The van der Waals surface area contributed by atoms with Gasteiger partial charge < -0.3 is 9.73 Å². The van der Waals surface area contributed by atoms with Gasteiger partial charge in [-0.25, -0.2) is 0 Å². The SMILES string of the molecule is Brc1cc2c(o1)C1(CCNC1)CC2. The Kier molecular flexibility index (Phi) is 1.62. The van der Waals surface area contributed by atoms with Crippen molar-refractivity contribution in [3.05, 3.63) is 22.1 Å². The van der Waals surface area contributed by atoms with Crippen molar-refractivity contribution in [1.82, 2.24) is 5.32 Å². The minimum absolute atomic E-state index is 0.335. The van der Waals surface area contributed by atoms with Gasteiger partial charge in [-0.05, 0) is 53.4 Å². The summed E-state index contributed by atoms with van der Waals surface area (Å²) in [5.74, 6) is 1.24. The van der Waals surface area contributed by atoms with Gasteiger partial charge in [-0.1, -0.05) is 0 Å². The summed E-state index contributed by atoms with van der Waals surface area (Å²) in [5, 5.41) is 3.43. The van der Waals surface area contributed by atoms with Crippen LogP contribution in [-0.4, -0.2) is 13.1 Å². The molecule has 1 spiro atoms. The molecular weight excluding hydrogens is 230 g/mol. The number of rotatable bonds is 0. The zero-order chi connectivity index (χ0) is 8.89. The highest BCUT2D eigenvalue weighted by Gasteiger charge is 2.44. The Hall–Kier alpha value is -0.280. The molecule has 0 bridgehead atoms. The highest BCUT2D eigenvalue weighted by Crippen LogP contribution is 2.45. The minimum Gasteiger partial charge on any atom is -0.453 e. The highest BCUT2D eigenvalue weighted by atomic mass is 79.9. The van der Waals surface area contributed by atoms with Crippen LogP contribution in [0.15, 0.2) is 15.2 Å². The van der Waals surface area contributed by atoms with Crippen molar-refractivity contribution in [1.29, 1.82) is 0 Å². The van der Waals surface area contributed by atoms with E-state index in [1.54, 1.807) is 0 Å². The number of furan rings is 1. The van der Waals surface area contributed by atoms with Crippen LogP contribution in [0.2, 0.25) is 0 Å². The van der Waals surface area contributed by atoms with E-state index < -0.39 is 0 Å². The smallest absolute Gasteiger partial charge is 0.169 e. The van der Waals surface area contributed by atoms with Crippen LogP contribution in [0.3, 0.4) is 0 Å². The summed E-state index contributed by atoms with van der Waals surface area (Å²) in [4.78, 5) is 0. The van der Waals surface area contributed by atoms with Gasteiger partial charge in [0, 0.05) is 12.0 Å². The van der Waals surface area contributed by atoms with Crippen molar-refractivity contribution in [2.24, 2.45) is 0 Å². The van der Waals surface area contributed by atoms with Gasteiger partial charge >= 0.3 is 0 Å². The fourth-order valence-electron chi connectivity index (χ4n) is 2.67. The molecule has 0 saturated carbocycles. The molecule has 1 aliphatic carbocycles. The lowest BCUT2D eigenvalue weighted by Gasteiger charge is -2.19. The van der Waals surface area contributed by atoms with Crippen molar-refractivity contribution >= 4 is 15.9 Å². The first-order chi connectivity index (χ1) is 6.30. The second-order valence-corrected chi connectivity index (χ2v) is 4.89. The molecular formula is C10H12BrNO. The van der Waals surface area contributed by atoms with E-state index in [1.165, 1.54) is 30.6 Å². The van der Waals surface area contributed by atoms with Gasteiger partial charge in [-0.3, -0.25) is 0 Å². The fraction of sp³-hybridized carbons (Fsp3) is 0.600. The van der Waals surface area contributed by atoms with Crippen LogP contribution in [0.1, 0.15) is 24.2 Å². The molecule has 2 nitrogen and oxygen atoms in total. The third-order valence-electron chi connectivity index (χ3n) is 3.38. The van der Waals surface area contributed by atoms with Crippen LogP contribution in [-0.2, 0) is 11.8 Å². The third kappa shape index (κ3) is 1.03. The third-order valence-corrected chi connectivity index (χ3v) is 3.77. The van der Waals surface area contributed by atoms with Gasteiger partial charge in [0.25, 0.3) is 0 Å². The van der Waals surface area contributed by atoms with Crippen molar-refractivity contribution in [3.8, 4) is 0 Å². The van der Waals surface area contributed by atoms with Crippen LogP contribution in [0.4, 0.5) is 0 Å². The van der Waals surface area contributed by atoms with E-state index >= 15 is 0 Å². The maximum atomic E-state index is 5.74. The summed E-state index contributed by atoms with van der Waals surface area (Å²) in [5.41, 5.74) is 1.75. The molecule has 1 unspecified atom stereocenters. The summed E-state index contributed by atoms with van der Waals surface area (Å²) in [6.45, 7) is 2.23. The van der Waals surface area contributed by atoms with Crippen LogP contribution >= 0.6 is 15.9 Å². The molecule has 0 amide bonds. The van der Waals surface area contributed by atoms with E-state index in [2.05, 4.69) is 27.3 Å². The summed E-state index contributed by atoms with van der Waals surface area (Å²) >= 11 is 3.40. The number of aryl methyl sites for hydroxylation is 1. The Bertz CT molecular complexity index is 339. The quantitative estimate of drug-likeness (QED) is 0.754. The first-order valence-electron chi connectivity index (χ1n) is 4.80. The predicted molar refractivity (Wildman–Crippen MR) is 53.9 cm³/mol. The Labute approximate surface area is 85.8 Å². The lowest BCUT2D eigenvalue weighted by molar-refractivity contribution is 0.355. The largest absolute Gasteiger partial charge is 0.453 e. The topological polar surface area (TPSA) is 25.2 Å². The van der Waals surface area contributed by atoms with Crippen LogP contribution in [0.25, 0.3) is 0 Å². The predicted octanol–water partition coefficient (Wildman–Crippen LogP) is 2.22. The van der Waals surface area contributed by atoms with E-state index in [9.17, 15) is 0 Å². The normalized spacial score (nSPS) is 31.5. The molecule has 1 aromatic rings. The number of hydrogen-bond donors (Lipinski definition) is 1. The molecule has 0 aromatic carbocycles. The molecule has 2 aliphatic rings. The fourth-order valence-corrected chi connectivity index (χ4v) is 3.11. The maximum absolute atomic E-state index is 5.74. The molecule has 1 fully saturated rings. The molecule has 13 heavy (non-hydrogen) atoms. The van der Waals surface area contributed by atoms with Gasteiger partial charge in [-0.15, -0.1) is 0 Å². The summed E-state index contributed by atoms with van der Waals surface area (Å²) in [7, 11) is 0. The Morgan fingerprint density at radius 1 is 1.46 bits per heavy atom.